The van der Waals surface area contributed by atoms with Gasteiger partial charge in [-0.3, -0.25) is 0 Å². The Hall–Kier alpha value is -1.22. The van der Waals surface area contributed by atoms with E-state index in [1.165, 1.54) is 24.0 Å². The number of hydrogen-bond acceptors (Lipinski definition) is 3. The van der Waals surface area contributed by atoms with Crippen molar-refractivity contribution in [2.45, 2.75) is 25.3 Å². The highest BCUT2D eigenvalue weighted by atomic mass is 16.5. The van der Waals surface area contributed by atoms with Crippen molar-refractivity contribution in [1.29, 1.82) is 0 Å². The summed E-state index contributed by atoms with van der Waals surface area (Å²) >= 11 is 0. The standard InChI is InChI=1S/C13H20N2O/c1-15(2)12-6-4-5-9-7-13(16-3)11(14)8-10(9)12/h7-8,12H,4-6,14H2,1-3H3/t12-/m0/s1. The molecular weight excluding hydrogens is 200 g/mol. The van der Waals surface area contributed by atoms with Gasteiger partial charge >= 0.3 is 0 Å². The van der Waals surface area contributed by atoms with Gasteiger partial charge in [0.25, 0.3) is 0 Å². The fraction of sp³-hybridized carbons (Fsp3) is 0.538. The lowest BCUT2D eigenvalue weighted by atomic mass is 9.86. The van der Waals surface area contributed by atoms with Crippen molar-refractivity contribution in [2.75, 3.05) is 26.9 Å². The van der Waals surface area contributed by atoms with Gasteiger partial charge in [-0.15, -0.1) is 0 Å². The predicted octanol–water partition coefficient (Wildman–Crippen LogP) is 2.22. The molecule has 0 bridgehead atoms. The Morgan fingerprint density at radius 1 is 1.38 bits per heavy atom. The van der Waals surface area contributed by atoms with Crippen LogP contribution in [0.2, 0.25) is 0 Å². The third kappa shape index (κ3) is 1.87. The van der Waals surface area contributed by atoms with Crippen LogP contribution >= 0.6 is 0 Å². The molecule has 0 aromatic heterocycles. The number of methoxy groups -OCH3 is 1. The van der Waals surface area contributed by atoms with Gasteiger partial charge < -0.3 is 15.4 Å². The largest absolute Gasteiger partial charge is 0.495 e. The molecule has 0 aliphatic heterocycles. The van der Waals surface area contributed by atoms with E-state index in [-0.39, 0.29) is 0 Å². The van der Waals surface area contributed by atoms with Crippen molar-refractivity contribution in [1.82, 2.24) is 4.90 Å². The van der Waals surface area contributed by atoms with Gasteiger partial charge in [-0.25, -0.2) is 0 Å². The Balaban J connectivity index is 2.45. The van der Waals surface area contributed by atoms with Crippen LogP contribution in [0.4, 0.5) is 5.69 Å². The number of ether oxygens (including phenoxy) is 1. The number of nitrogens with zero attached hydrogens (tertiary/aromatic N) is 1. The van der Waals surface area contributed by atoms with E-state index in [2.05, 4.69) is 31.1 Å². The third-order valence-corrected chi connectivity index (χ3v) is 3.40. The second-order valence-corrected chi connectivity index (χ2v) is 4.66. The Bertz CT molecular complexity index is 388. The lowest BCUT2D eigenvalue weighted by Crippen LogP contribution is -2.24. The second-order valence-electron chi connectivity index (χ2n) is 4.66. The molecule has 0 amide bonds. The van der Waals surface area contributed by atoms with Gasteiger partial charge in [-0.2, -0.15) is 0 Å². The summed E-state index contributed by atoms with van der Waals surface area (Å²) in [6.45, 7) is 0. The van der Waals surface area contributed by atoms with E-state index in [0.29, 0.717) is 6.04 Å². The van der Waals surface area contributed by atoms with E-state index in [1.54, 1.807) is 7.11 Å². The molecule has 88 valence electrons. The number of anilines is 1. The molecule has 2 N–H and O–H groups in total. The first kappa shape index (κ1) is 11.3. The number of rotatable bonds is 2. The van der Waals surface area contributed by atoms with Crippen molar-refractivity contribution in [3.8, 4) is 5.75 Å². The van der Waals surface area contributed by atoms with Crippen molar-refractivity contribution < 1.29 is 4.74 Å². The Morgan fingerprint density at radius 3 is 2.75 bits per heavy atom. The molecule has 1 aliphatic rings. The van der Waals surface area contributed by atoms with Gasteiger partial charge in [0.05, 0.1) is 12.8 Å². The van der Waals surface area contributed by atoms with Crippen LogP contribution < -0.4 is 10.5 Å². The van der Waals surface area contributed by atoms with Crippen LogP contribution in [0.1, 0.15) is 30.0 Å². The summed E-state index contributed by atoms with van der Waals surface area (Å²) in [5.41, 5.74) is 9.47. The Morgan fingerprint density at radius 2 is 2.12 bits per heavy atom. The Labute approximate surface area is 97.2 Å². The molecule has 2 rings (SSSR count). The molecule has 0 radical (unpaired) electrons. The summed E-state index contributed by atoms with van der Waals surface area (Å²) in [6.07, 6.45) is 3.59. The van der Waals surface area contributed by atoms with Crippen molar-refractivity contribution in [3.05, 3.63) is 23.3 Å². The van der Waals surface area contributed by atoms with Gasteiger partial charge in [0, 0.05) is 6.04 Å². The predicted molar refractivity (Wildman–Crippen MR) is 66.8 cm³/mol. The van der Waals surface area contributed by atoms with E-state index in [0.717, 1.165) is 17.9 Å². The number of aryl methyl sites for hydroxylation is 1. The molecule has 0 saturated heterocycles. The van der Waals surface area contributed by atoms with E-state index in [9.17, 15) is 0 Å². The number of benzene rings is 1. The summed E-state index contributed by atoms with van der Waals surface area (Å²) in [6, 6.07) is 4.68. The summed E-state index contributed by atoms with van der Waals surface area (Å²) in [5.74, 6) is 0.804. The average Bonchev–Trinajstić information content (AvgIpc) is 2.27. The quantitative estimate of drug-likeness (QED) is 0.777. The van der Waals surface area contributed by atoms with E-state index >= 15 is 0 Å². The van der Waals surface area contributed by atoms with Crippen molar-refractivity contribution in [2.24, 2.45) is 0 Å². The zero-order chi connectivity index (χ0) is 11.7. The highest BCUT2D eigenvalue weighted by Gasteiger charge is 2.23. The first-order valence-corrected chi connectivity index (χ1v) is 5.76. The van der Waals surface area contributed by atoms with E-state index in [1.807, 2.05) is 0 Å². The number of nitrogens with two attached hydrogens (primary N) is 1. The zero-order valence-electron chi connectivity index (χ0n) is 10.3. The molecule has 0 unspecified atom stereocenters. The van der Waals surface area contributed by atoms with Crippen LogP contribution in [0.5, 0.6) is 5.75 Å². The molecule has 0 heterocycles. The molecule has 0 saturated carbocycles. The maximum Gasteiger partial charge on any atom is 0.142 e. The molecular formula is C13H20N2O. The Kier molecular flexibility index (Phi) is 3.06. The molecule has 1 aromatic rings. The fourth-order valence-electron chi connectivity index (χ4n) is 2.54. The molecule has 3 nitrogen and oxygen atoms in total. The molecule has 0 fully saturated rings. The maximum atomic E-state index is 5.97. The molecule has 3 heteroatoms. The van der Waals surface area contributed by atoms with Crippen LogP contribution in [-0.2, 0) is 6.42 Å². The molecule has 16 heavy (non-hydrogen) atoms. The summed E-state index contributed by atoms with van der Waals surface area (Å²) in [5, 5.41) is 0. The van der Waals surface area contributed by atoms with E-state index < -0.39 is 0 Å². The van der Waals surface area contributed by atoms with Gasteiger partial charge in [0.2, 0.25) is 0 Å². The minimum absolute atomic E-state index is 0.497. The van der Waals surface area contributed by atoms with E-state index in [4.69, 9.17) is 10.5 Å². The van der Waals surface area contributed by atoms with Crippen LogP contribution in [-0.4, -0.2) is 26.1 Å². The highest BCUT2D eigenvalue weighted by Crippen LogP contribution is 2.37. The first-order valence-electron chi connectivity index (χ1n) is 5.76. The van der Waals surface area contributed by atoms with Crippen LogP contribution in [0, 0.1) is 0 Å². The summed E-state index contributed by atoms with van der Waals surface area (Å²) < 4.78 is 5.27. The van der Waals surface area contributed by atoms with Crippen molar-refractivity contribution in [3.63, 3.8) is 0 Å². The van der Waals surface area contributed by atoms with Crippen LogP contribution in [0.15, 0.2) is 12.1 Å². The van der Waals surface area contributed by atoms with Gasteiger partial charge in [-0.05, 0) is 56.6 Å². The summed E-state index contributed by atoms with van der Waals surface area (Å²) in [4.78, 5) is 2.27. The molecule has 1 aliphatic carbocycles. The lowest BCUT2D eigenvalue weighted by molar-refractivity contribution is 0.268. The second kappa shape index (κ2) is 4.34. The molecule has 1 atom stereocenters. The first-order chi connectivity index (χ1) is 7.63. The van der Waals surface area contributed by atoms with Crippen LogP contribution in [0.3, 0.4) is 0 Å². The molecule has 0 spiro atoms. The van der Waals surface area contributed by atoms with Crippen molar-refractivity contribution >= 4 is 5.69 Å². The lowest BCUT2D eigenvalue weighted by Gasteiger charge is -2.31. The third-order valence-electron chi connectivity index (χ3n) is 3.40. The maximum absolute atomic E-state index is 5.97. The van der Waals surface area contributed by atoms with Gasteiger partial charge in [-0.1, -0.05) is 0 Å². The number of fused-ring (bicyclic) bond motifs is 1. The topological polar surface area (TPSA) is 38.5 Å². The average molecular weight is 220 g/mol. The fourth-order valence-corrected chi connectivity index (χ4v) is 2.54. The van der Waals surface area contributed by atoms with Gasteiger partial charge in [0.15, 0.2) is 0 Å². The molecule has 1 aromatic carbocycles. The highest BCUT2D eigenvalue weighted by molar-refractivity contribution is 5.58. The summed E-state index contributed by atoms with van der Waals surface area (Å²) in [7, 11) is 5.92. The number of hydrogen-bond donors (Lipinski definition) is 1. The smallest absolute Gasteiger partial charge is 0.142 e. The van der Waals surface area contributed by atoms with Gasteiger partial charge in [0.1, 0.15) is 5.75 Å². The SMILES string of the molecule is COc1cc2c(cc1N)[C@@H](N(C)C)CCC2. The monoisotopic (exact) mass is 220 g/mol. The number of nitrogen functional groups attached to an aromatic ring is 1. The van der Waals surface area contributed by atoms with Crippen LogP contribution in [0.25, 0.3) is 0 Å². The normalized spacial score (nSPS) is 19.6. The minimum atomic E-state index is 0.497. The minimum Gasteiger partial charge on any atom is -0.495 e. The zero-order valence-corrected chi connectivity index (χ0v) is 10.3.